The largest absolute Gasteiger partial charge is 0.504 e. The average Bonchev–Trinajstić information content (AvgIpc) is 3.39. The fourth-order valence-electron chi connectivity index (χ4n) is 2.18. The molecule has 1 aromatic heterocycles. The second kappa shape index (κ2) is 6.69. The number of nitrogens with zero attached hydrogens (tertiary/aromatic N) is 1. The molecule has 0 atom stereocenters. The lowest BCUT2D eigenvalue weighted by molar-refractivity contribution is 0.102. The highest BCUT2D eigenvalue weighted by molar-refractivity contribution is 7.89. The Morgan fingerprint density at radius 2 is 2.08 bits per heavy atom. The van der Waals surface area contributed by atoms with E-state index in [0.717, 1.165) is 12.8 Å². The predicted octanol–water partition coefficient (Wildman–Crippen LogP) is 1.49. The third-order valence-electron chi connectivity index (χ3n) is 3.63. The molecular formula is C16H17N3O5S. The highest BCUT2D eigenvalue weighted by Gasteiger charge is 2.30. The van der Waals surface area contributed by atoms with Gasteiger partial charge in [0.25, 0.3) is 5.91 Å². The molecule has 0 aliphatic heterocycles. The summed E-state index contributed by atoms with van der Waals surface area (Å²) in [6.07, 6.45) is 3.00. The van der Waals surface area contributed by atoms with Gasteiger partial charge in [0.05, 0.1) is 7.11 Å². The normalized spacial score (nSPS) is 14.1. The first-order valence-electron chi connectivity index (χ1n) is 7.56. The molecule has 1 saturated carbocycles. The number of carbonyl (C=O) groups excluding carboxylic acids is 1. The molecule has 8 nitrogen and oxygen atoms in total. The monoisotopic (exact) mass is 363 g/mol. The molecule has 0 unspecified atom stereocenters. The Balaban J connectivity index is 1.90. The number of carbonyl (C=O) groups is 1. The first-order chi connectivity index (χ1) is 11.9. The molecule has 1 aliphatic carbocycles. The molecule has 0 spiro atoms. The molecule has 0 bridgehead atoms. The van der Waals surface area contributed by atoms with Crippen LogP contribution in [0.1, 0.15) is 23.2 Å². The van der Waals surface area contributed by atoms with Gasteiger partial charge in [-0.05, 0) is 43.2 Å². The summed E-state index contributed by atoms with van der Waals surface area (Å²) in [4.78, 5) is 16.1. The highest BCUT2D eigenvalue weighted by Crippen LogP contribution is 2.29. The number of sulfonamides is 1. The van der Waals surface area contributed by atoms with Gasteiger partial charge in [-0.3, -0.25) is 4.79 Å². The average molecular weight is 363 g/mol. The first kappa shape index (κ1) is 17.2. The number of aromatic nitrogens is 1. The van der Waals surface area contributed by atoms with E-state index >= 15 is 0 Å². The Hall–Kier alpha value is -2.65. The maximum atomic E-state index is 12.5. The molecule has 3 rings (SSSR count). The second-order valence-electron chi connectivity index (χ2n) is 5.59. The summed E-state index contributed by atoms with van der Waals surface area (Å²) < 4.78 is 32.6. The van der Waals surface area contributed by atoms with Crippen LogP contribution in [0.5, 0.6) is 11.5 Å². The van der Waals surface area contributed by atoms with Crippen molar-refractivity contribution >= 4 is 21.7 Å². The maximum absolute atomic E-state index is 12.5. The van der Waals surface area contributed by atoms with Gasteiger partial charge in [0.15, 0.2) is 11.6 Å². The Morgan fingerprint density at radius 1 is 1.32 bits per heavy atom. The van der Waals surface area contributed by atoms with Crippen molar-refractivity contribution in [3.63, 3.8) is 0 Å². The van der Waals surface area contributed by atoms with E-state index in [0.29, 0.717) is 0 Å². The summed E-state index contributed by atoms with van der Waals surface area (Å²) in [6, 6.07) is 6.91. The minimum Gasteiger partial charge on any atom is -0.504 e. The summed E-state index contributed by atoms with van der Waals surface area (Å²) in [5, 5.41) is 12.1. The van der Waals surface area contributed by atoms with Gasteiger partial charge in [-0.15, -0.1) is 0 Å². The van der Waals surface area contributed by atoms with Gasteiger partial charge >= 0.3 is 0 Å². The van der Waals surface area contributed by atoms with Gasteiger partial charge in [-0.1, -0.05) is 0 Å². The molecule has 1 amide bonds. The van der Waals surface area contributed by atoms with E-state index in [1.54, 1.807) is 0 Å². The van der Waals surface area contributed by atoms with Crippen molar-refractivity contribution < 1.29 is 23.1 Å². The van der Waals surface area contributed by atoms with Crippen molar-refractivity contribution in [3.8, 4) is 11.5 Å². The van der Waals surface area contributed by atoms with Crippen molar-refractivity contribution in [3.05, 3.63) is 42.1 Å². The van der Waals surface area contributed by atoms with Crippen LogP contribution >= 0.6 is 0 Å². The van der Waals surface area contributed by atoms with E-state index in [4.69, 9.17) is 4.74 Å². The van der Waals surface area contributed by atoms with Crippen LogP contribution in [-0.4, -0.2) is 37.6 Å². The number of hydrogen-bond donors (Lipinski definition) is 3. The molecule has 0 radical (unpaired) electrons. The minimum atomic E-state index is -3.80. The van der Waals surface area contributed by atoms with E-state index in [2.05, 4.69) is 15.0 Å². The molecule has 9 heteroatoms. The van der Waals surface area contributed by atoms with E-state index in [-0.39, 0.29) is 33.8 Å². The van der Waals surface area contributed by atoms with Crippen molar-refractivity contribution in [1.82, 2.24) is 9.71 Å². The number of nitrogens with one attached hydrogen (secondary N) is 2. The van der Waals surface area contributed by atoms with Crippen molar-refractivity contribution in [2.24, 2.45) is 0 Å². The van der Waals surface area contributed by atoms with Gasteiger partial charge in [0.2, 0.25) is 10.0 Å². The minimum absolute atomic E-state index is 0.0103. The molecule has 25 heavy (non-hydrogen) atoms. The van der Waals surface area contributed by atoms with Crippen LogP contribution in [0.25, 0.3) is 0 Å². The van der Waals surface area contributed by atoms with E-state index in [1.165, 1.54) is 43.6 Å². The van der Waals surface area contributed by atoms with E-state index < -0.39 is 15.9 Å². The smallest absolute Gasteiger partial charge is 0.256 e. The van der Waals surface area contributed by atoms with Gasteiger partial charge in [0, 0.05) is 17.8 Å². The van der Waals surface area contributed by atoms with Gasteiger partial charge in [-0.2, -0.15) is 0 Å². The molecule has 1 heterocycles. The van der Waals surface area contributed by atoms with Crippen LogP contribution in [0.4, 0.5) is 5.82 Å². The summed E-state index contributed by atoms with van der Waals surface area (Å²) in [5.41, 5.74) is 0.0991. The number of benzene rings is 1. The summed E-state index contributed by atoms with van der Waals surface area (Å²) in [6.45, 7) is 0. The molecule has 2 aromatic rings. The number of rotatable bonds is 6. The van der Waals surface area contributed by atoms with E-state index in [9.17, 15) is 18.3 Å². The van der Waals surface area contributed by atoms with Crippen LogP contribution in [0, 0.1) is 0 Å². The third-order valence-corrected chi connectivity index (χ3v) is 5.17. The summed E-state index contributed by atoms with van der Waals surface area (Å²) in [7, 11) is -2.44. The van der Waals surface area contributed by atoms with Crippen LogP contribution in [0.2, 0.25) is 0 Å². The van der Waals surface area contributed by atoms with Crippen LogP contribution < -0.4 is 14.8 Å². The second-order valence-corrected chi connectivity index (χ2v) is 7.27. The number of amides is 1. The van der Waals surface area contributed by atoms with Crippen molar-refractivity contribution in [2.45, 2.75) is 23.8 Å². The van der Waals surface area contributed by atoms with Crippen LogP contribution in [0.15, 0.2) is 41.4 Å². The lowest BCUT2D eigenvalue weighted by atomic mass is 10.2. The number of hydrogen-bond acceptors (Lipinski definition) is 6. The Kier molecular flexibility index (Phi) is 4.60. The predicted molar refractivity (Wildman–Crippen MR) is 90.2 cm³/mol. The zero-order valence-electron chi connectivity index (χ0n) is 13.4. The lowest BCUT2D eigenvalue weighted by Gasteiger charge is -2.12. The standard InChI is InChI=1S/C16H17N3O5S/c1-24-13-7-4-10(9-14(13)25(22,23)19-11-5-6-11)16(21)18-15-12(20)3-2-8-17-15/h2-4,7-9,11,19-20H,5-6H2,1H3,(H,17,18,21). The zero-order valence-corrected chi connectivity index (χ0v) is 14.2. The maximum Gasteiger partial charge on any atom is 0.256 e. The summed E-state index contributed by atoms with van der Waals surface area (Å²) >= 11 is 0. The topological polar surface area (TPSA) is 118 Å². The zero-order chi connectivity index (χ0) is 18.0. The van der Waals surface area contributed by atoms with E-state index in [1.807, 2.05) is 0 Å². The molecular weight excluding hydrogens is 346 g/mol. The van der Waals surface area contributed by atoms with Crippen molar-refractivity contribution in [1.29, 1.82) is 0 Å². The number of methoxy groups -OCH3 is 1. The van der Waals surface area contributed by atoms with Crippen LogP contribution in [0.3, 0.4) is 0 Å². The Bertz CT molecular complexity index is 910. The number of aromatic hydroxyl groups is 1. The highest BCUT2D eigenvalue weighted by atomic mass is 32.2. The third kappa shape index (κ3) is 3.89. The molecule has 132 valence electrons. The Morgan fingerprint density at radius 3 is 2.72 bits per heavy atom. The molecule has 0 saturated heterocycles. The lowest BCUT2D eigenvalue weighted by Crippen LogP contribution is -2.26. The molecule has 1 fully saturated rings. The fourth-order valence-corrected chi connectivity index (χ4v) is 3.68. The van der Waals surface area contributed by atoms with Crippen LogP contribution in [-0.2, 0) is 10.0 Å². The van der Waals surface area contributed by atoms with Gasteiger partial charge < -0.3 is 15.2 Å². The Labute approximate surface area is 144 Å². The molecule has 3 N–H and O–H groups in total. The SMILES string of the molecule is COc1ccc(C(=O)Nc2ncccc2O)cc1S(=O)(=O)NC1CC1. The molecule has 1 aliphatic rings. The number of ether oxygens (including phenoxy) is 1. The number of anilines is 1. The quantitative estimate of drug-likeness (QED) is 0.716. The van der Waals surface area contributed by atoms with Crippen molar-refractivity contribution in [2.75, 3.05) is 12.4 Å². The summed E-state index contributed by atoms with van der Waals surface area (Å²) in [5.74, 6) is -0.652. The molecule has 1 aromatic carbocycles. The van der Waals surface area contributed by atoms with Gasteiger partial charge in [0.1, 0.15) is 10.6 Å². The first-order valence-corrected chi connectivity index (χ1v) is 9.05. The fraction of sp³-hybridized carbons (Fsp3) is 0.250. The van der Waals surface area contributed by atoms with Gasteiger partial charge in [-0.25, -0.2) is 18.1 Å². The number of pyridine rings is 1.